The highest BCUT2D eigenvalue weighted by Crippen LogP contribution is 2.40. The predicted molar refractivity (Wildman–Crippen MR) is 184 cm³/mol. The lowest BCUT2D eigenvalue weighted by Gasteiger charge is -2.14. The van der Waals surface area contributed by atoms with Crippen LogP contribution in [0.4, 0.5) is 0 Å². The summed E-state index contributed by atoms with van der Waals surface area (Å²) in [6, 6.07) is 59.8. The van der Waals surface area contributed by atoms with Crippen LogP contribution in [-0.4, -0.2) is 4.57 Å². The standard InChI is InChI=1S/C42H27N/c1-3-11-28(12-4-1)32-23-33(29-13-5-2-6-14-29)25-34(24-32)43-41-18-10-9-17-38(41)40-27-39-31(26-42(40)43)20-22-36-35-16-8-7-15-30(35)19-21-37(36)39/h1-27H. The summed E-state index contributed by atoms with van der Waals surface area (Å²) in [6.45, 7) is 0. The number of aromatic nitrogens is 1. The highest BCUT2D eigenvalue weighted by atomic mass is 15.0. The Hall–Kier alpha value is -5.66. The normalized spacial score (nSPS) is 11.7. The van der Waals surface area contributed by atoms with Gasteiger partial charge in [0, 0.05) is 16.5 Å². The number of fused-ring (bicyclic) bond motifs is 8. The SMILES string of the molecule is c1ccc(-c2cc(-c3ccccc3)cc(-n3c4ccccc4c4cc5c(ccc6c7ccccc7ccc56)cc43)c2)cc1. The van der Waals surface area contributed by atoms with Crippen LogP contribution < -0.4 is 0 Å². The van der Waals surface area contributed by atoms with Gasteiger partial charge in [0.15, 0.2) is 0 Å². The molecule has 0 amide bonds. The molecule has 1 nitrogen and oxygen atoms in total. The second-order valence-electron chi connectivity index (χ2n) is 11.4. The molecule has 0 unspecified atom stereocenters. The van der Waals surface area contributed by atoms with Gasteiger partial charge in [0.05, 0.1) is 11.0 Å². The second-order valence-corrected chi connectivity index (χ2v) is 11.4. The van der Waals surface area contributed by atoms with E-state index < -0.39 is 0 Å². The maximum absolute atomic E-state index is 2.45. The molecule has 9 rings (SSSR count). The summed E-state index contributed by atoms with van der Waals surface area (Å²) >= 11 is 0. The van der Waals surface area contributed by atoms with Crippen LogP contribution >= 0.6 is 0 Å². The van der Waals surface area contributed by atoms with Crippen molar-refractivity contribution < 1.29 is 0 Å². The van der Waals surface area contributed by atoms with Gasteiger partial charge in [-0.25, -0.2) is 0 Å². The zero-order chi connectivity index (χ0) is 28.3. The van der Waals surface area contributed by atoms with Crippen molar-refractivity contribution >= 4 is 54.1 Å². The Morgan fingerprint density at radius 3 is 1.58 bits per heavy atom. The Morgan fingerprint density at radius 1 is 0.279 bits per heavy atom. The fourth-order valence-electron chi connectivity index (χ4n) is 6.90. The molecule has 0 N–H and O–H groups in total. The molecule has 1 aromatic heterocycles. The van der Waals surface area contributed by atoms with Crippen molar-refractivity contribution in [2.45, 2.75) is 0 Å². The van der Waals surface area contributed by atoms with E-state index in [0.29, 0.717) is 0 Å². The first-order valence-corrected chi connectivity index (χ1v) is 14.9. The van der Waals surface area contributed by atoms with Gasteiger partial charge < -0.3 is 4.57 Å². The quantitative estimate of drug-likeness (QED) is 0.195. The number of hydrogen-bond donors (Lipinski definition) is 0. The average molecular weight is 546 g/mol. The van der Waals surface area contributed by atoms with Gasteiger partial charge in [0.1, 0.15) is 0 Å². The van der Waals surface area contributed by atoms with Crippen LogP contribution in [0.2, 0.25) is 0 Å². The first-order valence-electron chi connectivity index (χ1n) is 14.9. The largest absolute Gasteiger partial charge is 0.309 e. The third-order valence-electron chi connectivity index (χ3n) is 8.92. The Bertz CT molecular complexity index is 2430. The van der Waals surface area contributed by atoms with Gasteiger partial charge in [-0.05, 0) is 91.0 Å². The minimum absolute atomic E-state index is 1.16. The van der Waals surface area contributed by atoms with Gasteiger partial charge in [-0.15, -0.1) is 0 Å². The summed E-state index contributed by atoms with van der Waals surface area (Å²) < 4.78 is 2.45. The molecule has 0 aliphatic carbocycles. The second kappa shape index (κ2) is 9.44. The maximum Gasteiger partial charge on any atom is 0.0547 e. The van der Waals surface area contributed by atoms with Gasteiger partial charge in [0.2, 0.25) is 0 Å². The maximum atomic E-state index is 2.45. The van der Waals surface area contributed by atoms with E-state index in [4.69, 9.17) is 0 Å². The van der Waals surface area contributed by atoms with Crippen LogP contribution in [0.1, 0.15) is 0 Å². The number of rotatable bonds is 3. The Kier molecular flexibility index (Phi) is 5.27. The van der Waals surface area contributed by atoms with Crippen molar-refractivity contribution in [1.82, 2.24) is 4.57 Å². The Morgan fingerprint density at radius 2 is 0.860 bits per heavy atom. The number of hydrogen-bond acceptors (Lipinski definition) is 0. The molecular formula is C42H27N. The first-order chi connectivity index (χ1) is 21.3. The van der Waals surface area contributed by atoms with Crippen LogP contribution in [0.5, 0.6) is 0 Å². The van der Waals surface area contributed by atoms with E-state index >= 15 is 0 Å². The van der Waals surface area contributed by atoms with Gasteiger partial charge in [-0.1, -0.05) is 127 Å². The minimum atomic E-state index is 1.16. The molecule has 0 bridgehead atoms. The molecule has 1 heterocycles. The summed E-state index contributed by atoms with van der Waals surface area (Å²) in [5.74, 6) is 0. The molecular weight excluding hydrogens is 518 g/mol. The lowest BCUT2D eigenvalue weighted by Crippen LogP contribution is -1.96. The number of para-hydroxylation sites is 1. The van der Waals surface area contributed by atoms with E-state index in [1.165, 1.54) is 76.4 Å². The lowest BCUT2D eigenvalue weighted by atomic mass is 9.96. The number of nitrogens with zero attached hydrogens (tertiary/aromatic N) is 1. The van der Waals surface area contributed by atoms with Crippen LogP contribution in [0.3, 0.4) is 0 Å². The molecule has 0 saturated carbocycles. The predicted octanol–water partition coefficient (Wildman–Crippen LogP) is 11.6. The summed E-state index contributed by atoms with van der Waals surface area (Å²) in [6.07, 6.45) is 0. The minimum Gasteiger partial charge on any atom is -0.309 e. The molecule has 0 fully saturated rings. The monoisotopic (exact) mass is 545 g/mol. The summed E-state index contributed by atoms with van der Waals surface area (Å²) in [4.78, 5) is 0. The van der Waals surface area contributed by atoms with Crippen LogP contribution in [-0.2, 0) is 0 Å². The van der Waals surface area contributed by atoms with Crippen molar-refractivity contribution in [3.63, 3.8) is 0 Å². The lowest BCUT2D eigenvalue weighted by molar-refractivity contribution is 1.18. The summed E-state index contributed by atoms with van der Waals surface area (Å²) in [5.41, 5.74) is 8.45. The molecule has 200 valence electrons. The van der Waals surface area contributed by atoms with Crippen LogP contribution in [0, 0.1) is 0 Å². The third kappa shape index (κ3) is 3.79. The molecule has 9 aromatic rings. The summed E-state index contributed by atoms with van der Waals surface area (Å²) in [5, 5.41) is 10.3. The Labute approximate surface area is 249 Å². The van der Waals surface area contributed by atoms with Gasteiger partial charge in [0.25, 0.3) is 0 Å². The number of benzene rings is 8. The molecule has 0 aliphatic rings. The fraction of sp³-hybridized carbons (Fsp3) is 0. The van der Waals surface area contributed by atoms with Gasteiger partial charge in [-0.2, -0.15) is 0 Å². The zero-order valence-electron chi connectivity index (χ0n) is 23.5. The van der Waals surface area contributed by atoms with Crippen LogP contribution in [0.25, 0.3) is 82.1 Å². The van der Waals surface area contributed by atoms with Crippen molar-refractivity contribution in [3.05, 3.63) is 164 Å². The molecule has 0 aliphatic heterocycles. The molecule has 1 heteroatoms. The molecule has 0 radical (unpaired) electrons. The average Bonchev–Trinajstić information content (AvgIpc) is 3.41. The fourth-order valence-corrected chi connectivity index (χ4v) is 6.90. The molecule has 0 atom stereocenters. The molecule has 0 spiro atoms. The third-order valence-corrected chi connectivity index (χ3v) is 8.92. The smallest absolute Gasteiger partial charge is 0.0547 e. The van der Waals surface area contributed by atoms with E-state index in [1.54, 1.807) is 0 Å². The van der Waals surface area contributed by atoms with E-state index in [2.05, 4.69) is 168 Å². The topological polar surface area (TPSA) is 4.93 Å². The van der Waals surface area contributed by atoms with Crippen molar-refractivity contribution in [1.29, 1.82) is 0 Å². The highest BCUT2D eigenvalue weighted by Gasteiger charge is 2.16. The van der Waals surface area contributed by atoms with E-state index in [1.807, 2.05) is 0 Å². The van der Waals surface area contributed by atoms with Gasteiger partial charge >= 0.3 is 0 Å². The highest BCUT2D eigenvalue weighted by molar-refractivity contribution is 6.22. The van der Waals surface area contributed by atoms with E-state index in [9.17, 15) is 0 Å². The van der Waals surface area contributed by atoms with Gasteiger partial charge in [-0.3, -0.25) is 0 Å². The van der Waals surface area contributed by atoms with E-state index in [0.717, 1.165) is 5.69 Å². The van der Waals surface area contributed by atoms with Crippen molar-refractivity contribution in [2.75, 3.05) is 0 Å². The first kappa shape index (κ1) is 24.0. The van der Waals surface area contributed by atoms with Crippen LogP contribution in [0.15, 0.2) is 164 Å². The molecule has 43 heavy (non-hydrogen) atoms. The summed E-state index contributed by atoms with van der Waals surface area (Å²) in [7, 11) is 0. The Balaban J connectivity index is 1.37. The van der Waals surface area contributed by atoms with Crippen molar-refractivity contribution in [2.24, 2.45) is 0 Å². The molecule has 0 saturated heterocycles. The molecule has 8 aromatic carbocycles. The van der Waals surface area contributed by atoms with Crippen molar-refractivity contribution in [3.8, 4) is 27.9 Å². The zero-order valence-corrected chi connectivity index (χ0v) is 23.5. The van der Waals surface area contributed by atoms with E-state index in [-0.39, 0.29) is 0 Å².